The van der Waals surface area contributed by atoms with Gasteiger partial charge >= 0.3 is 23.9 Å². The fourth-order valence-electron chi connectivity index (χ4n) is 10.3. The first-order valence-electron chi connectivity index (χ1n) is 21.1. The van der Waals surface area contributed by atoms with E-state index in [-0.39, 0.29) is 109 Å². The maximum absolute atomic E-state index is 12.5. The van der Waals surface area contributed by atoms with E-state index in [2.05, 4.69) is 20.8 Å². The molecule has 8 aliphatic rings. The number of fused-ring (bicyclic) bond motifs is 1. The van der Waals surface area contributed by atoms with Crippen LogP contribution in [0.3, 0.4) is 0 Å². The van der Waals surface area contributed by atoms with Crippen LogP contribution in [0.1, 0.15) is 217 Å². The van der Waals surface area contributed by atoms with E-state index in [9.17, 15) is 19.2 Å². The zero-order valence-electron chi connectivity index (χ0n) is 34.6. The van der Waals surface area contributed by atoms with Crippen molar-refractivity contribution in [3.8, 4) is 0 Å². The standard InChI is InChI=1S/C17H28O2.C14H20O4.C13H24O2.6CH4/c1-5-16(2,3)15(18)19-17(4)13-7-11-6-12(9-13)10-14(17)8-11;1-4-14(2,3)13(16)18-10-7-5-8-9(6-7)12(15)17-11(8)10;1-5-12(3,4)11(14)15-13(6-2)9-7-8-10-13;;;;;;/h11-14H,5-10H2,1-4H3;7-11H,4-6H2,1-3H3;5-10H2,1-4H3;6*1H4. The van der Waals surface area contributed by atoms with Gasteiger partial charge in [-0.05, 0) is 168 Å². The summed E-state index contributed by atoms with van der Waals surface area (Å²) >= 11 is 0. The Morgan fingerprint density at radius 2 is 1.07 bits per heavy atom. The number of carbonyl (C=O) groups excluding carboxylic acids is 4. The van der Waals surface area contributed by atoms with Gasteiger partial charge in [0.15, 0.2) is 0 Å². The first-order valence-corrected chi connectivity index (χ1v) is 21.1. The molecule has 58 heavy (non-hydrogen) atoms. The predicted molar refractivity (Wildman–Crippen MR) is 241 cm³/mol. The van der Waals surface area contributed by atoms with Crippen LogP contribution in [0.2, 0.25) is 0 Å². The lowest BCUT2D eigenvalue weighted by molar-refractivity contribution is -0.211. The number of rotatable bonds is 10. The zero-order valence-corrected chi connectivity index (χ0v) is 34.6. The van der Waals surface area contributed by atoms with Gasteiger partial charge in [0.05, 0.1) is 22.2 Å². The molecule has 8 nitrogen and oxygen atoms in total. The van der Waals surface area contributed by atoms with Gasteiger partial charge in [-0.15, -0.1) is 0 Å². The average molecular weight is 825 g/mol. The molecule has 0 spiro atoms. The summed E-state index contributed by atoms with van der Waals surface area (Å²) < 4.78 is 22.9. The number of carbonyl (C=O) groups is 4. The third kappa shape index (κ3) is 11.4. The molecule has 0 amide bonds. The van der Waals surface area contributed by atoms with Crippen molar-refractivity contribution < 1.29 is 38.1 Å². The van der Waals surface area contributed by atoms with E-state index < -0.39 is 5.41 Å². The summed E-state index contributed by atoms with van der Waals surface area (Å²) in [7, 11) is 0. The summed E-state index contributed by atoms with van der Waals surface area (Å²) in [6.07, 6.45) is 16.0. The van der Waals surface area contributed by atoms with E-state index in [4.69, 9.17) is 18.9 Å². The predicted octanol–water partition coefficient (Wildman–Crippen LogP) is 13.6. The molecule has 7 saturated carbocycles. The molecule has 0 aromatic rings. The highest BCUT2D eigenvalue weighted by Crippen LogP contribution is 2.60. The van der Waals surface area contributed by atoms with Crippen molar-refractivity contribution in [2.24, 2.45) is 57.7 Å². The number of esters is 4. The molecule has 344 valence electrons. The average Bonchev–Trinajstić information content (AvgIpc) is 3.87. The highest BCUT2D eigenvalue weighted by atomic mass is 16.6. The number of hydrogen-bond acceptors (Lipinski definition) is 8. The lowest BCUT2D eigenvalue weighted by Gasteiger charge is -2.59. The molecule has 8 fully saturated rings. The number of hydrogen-bond donors (Lipinski definition) is 0. The number of ether oxygens (including phenoxy) is 4. The van der Waals surface area contributed by atoms with Gasteiger partial charge < -0.3 is 18.9 Å². The van der Waals surface area contributed by atoms with Gasteiger partial charge in [0.1, 0.15) is 23.4 Å². The van der Waals surface area contributed by atoms with Gasteiger partial charge in [0, 0.05) is 11.8 Å². The van der Waals surface area contributed by atoms with E-state index in [1.54, 1.807) is 0 Å². The third-order valence-corrected chi connectivity index (χ3v) is 15.5. The van der Waals surface area contributed by atoms with Crippen LogP contribution in [0.25, 0.3) is 0 Å². The fourth-order valence-corrected chi connectivity index (χ4v) is 10.3. The maximum Gasteiger partial charge on any atom is 0.312 e. The Hall–Kier alpha value is -2.12. The van der Waals surface area contributed by atoms with E-state index in [1.807, 2.05) is 55.4 Å². The Balaban J connectivity index is 0. The van der Waals surface area contributed by atoms with Crippen LogP contribution in [-0.4, -0.2) is 47.3 Å². The molecule has 1 heterocycles. The first kappa shape index (κ1) is 58.0. The molecule has 0 radical (unpaired) electrons. The molecule has 5 unspecified atom stereocenters. The van der Waals surface area contributed by atoms with E-state index in [1.165, 1.54) is 44.9 Å². The Bertz CT molecular complexity index is 1290. The molecule has 8 heteroatoms. The van der Waals surface area contributed by atoms with Crippen LogP contribution < -0.4 is 0 Å². The van der Waals surface area contributed by atoms with Gasteiger partial charge in [0.25, 0.3) is 0 Å². The smallest absolute Gasteiger partial charge is 0.312 e. The molecule has 0 N–H and O–H groups in total. The Morgan fingerprint density at radius 1 is 0.638 bits per heavy atom. The van der Waals surface area contributed by atoms with Crippen LogP contribution in [0.5, 0.6) is 0 Å². The quantitative estimate of drug-likeness (QED) is 0.158. The van der Waals surface area contributed by atoms with Crippen LogP contribution in [0.15, 0.2) is 0 Å². The Morgan fingerprint density at radius 3 is 1.50 bits per heavy atom. The maximum atomic E-state index is 12.5. The van der Waals surface area contributed by atoms with Gasteiger partial charge in [-0.2, -0.15) is 0 Å². The summed E-state index contributed by atoms with van der Waals surface area (Å²) in [5, 5.41) is 0. The second-order valence-corrected chi connectivity index (χ2v) is 20.0. The van der Waals surface area contributed by atoms with Crippen LogP contribution >= 0.6 is 0 Å². The molecule has 8 rings (SSSR count). The van der Waals surface area contributed by atoms with Crippen molar-refractivity contribution >= 4 is 23.9 Å². The molecule has 7 aliphatic carbocycles. The largest absolute Gasteiger partial charge is 0.459 e. The van der Waals surface area contributed by atoms with Crippen molar-refractivity contribution in [3.63, 3.8) is 0 Å². The van der Waals surface area contributed by atoms with Crippen LogP contribution in [0.4, 0.5) is 0 Å². The Kier molecular flexibility index (Phi) is 21.6. The van der Waals surface area contributed by atoms with Crippen molar-refractivity contribution in [1.82, 2.24) is 0 Å². The van der Waals surface area contributed by atoms with Gasteiger partial charge in [-0.1, -0.05) is 72.3 Å². The summed E-state index contributed by atoms with van der Waals surface area (Å²) in [5.41, 5.74) is -1.42. The first-order chi connectivity index (χ1) is 24.2. The van der Waals surface area contributed by atoms with Crippen molar-refractivity contribution in [3.05, 3.63) is 0 Å². The molecular formula is C50H96O8. The molecule has 1 aliphatic heterocycles. The summed E-state index contributed by atoms with van der Waals surface area (Å²) in [6, 6.07) is 0. The third-order valence-electron chi connectivity index (χ3n) is 15.5. The minimum atomic E-state index is -0.455. The summed E-state index contributed by atoms with van der Waals surface area (Å²) in [4.78, 5) is 48.2. The van der Waals surface area contributed by atoms with Crippen LogP contribution in [-0.2, 0) is 38.1 Å². The molecule has 0 aromatic carbocycles. The van der Waals surface area contributed by atoms with Gasteiger partial charge in [-0.3, -0.25) is 19.2 Å². The molecule has 1 saturated heterocycles. The second-order valence-electron chi connectivity index (χ2n) is 20.0. The second kappa shape index (κ2) is 21.6. The minimum absolute atomic E-state index is 0. The van der Waals surface area contributed by atoms with E-state index in [0.29, 0.717) is 23.7 Å². The van der Waals surface area contributed by atoms with Crippen molar-refractivity contribution in [2.75, 3.05) is 0 Å². The topological polar surface area (TPSA) is 105 Å². The Labute approximate surface area is 359 Å². The van der Waals surface area contributed by atoms with E-state index >= 15 is 0 Å². The SMILES string of the molecule is C.C.C.C.C.C.CCC(C)(C)C(=O)OC1(C)C2CC3CC(C2)CC1C3.CCC(C)(C)C(=O)OC1C2CC3C(=O)OC1C3C2.CCC1(OC(=O)C(C)(C)CC)CCCC1. The molecule has 0 aromatic heterocycles. The van der Waals surface area contributed by atoms with Gasteiger partial charge in [-0.25, -0.2) is 0 Å². The highest BCUT2D eigenvalue weighted by Gasteiger charge is 2.63. The summed E-state index contributed by atoms with van der Waals surface area (Å²) in [5.74, 6) is 3.55. The highest BCUT2D eigenvalue weighted by molar-refractivity contribution is 5.79. The van der Waals surface area contributed by atoms with Crippen molar-refractivity contribution in [2.45, 2.75) is 240 Å². The zero-order chi connectivity index (χ0) is 38.4. The summed E-state index contributed by atoms with van der Waals surface area (Å²) in [6.45, 7) is 22.2. The molecule has 5 atom stereocenters. The lowest BCUT2D eigenvalue weighted by atomic mass is 9.50. The van der Waals surface area contributed by atoms with Gasteiger partial charge in [0.2, 0.25) is 0 Å². The van der Waals surface area contributed by atoms with E-state index in [0.717, 1.165) is 63.2 Å². The molecule has 6 bridgehead atoms. The minimum Gasteiger partial charge on any atom is -0.459 e. The normalized spacial score (nSPS) is 32.5. The van der Waals surface area contributed by atoms with Crippen molar-refractivity contribution in [1.29, 1.82) is 0 Å². The molecular weight excluding hydrogens is 729 g/mol. The van der Waals surface area contributed by atoms with Crippen LogP contribution in [0, 0.1) is 57.7 Å². The fraction of sp³-hybridized carbons (Fsp3) is 0.920. The lowest BCUT2D eigenvalue weighted by Crippen LogP contribution is -2.58. The monoisotopic (exact) mass is 825 g/mol.